The van der Waals surface area contributed by atoms with Gasteiger partial charge in [0.25, 0.3) is 0 Å². The first-order valence-corrected chi connectivity index (χ1v) is 4.31. The Morgan fingerprint density at radius 3 is 3.00 bits per heavy atom. The van der Waals surface area contributed by atoms with Crippen LogP contribution in [0.4, 0.5) is 0 Å². The molecule has 0 bridgehead atoms. The van der Waals surface area contributed by atoms with Gasteiger partial charge in [-0.05, 0) is 29.3 Å². The number of carbonyl (C=O) groups is 1. The van der Waals surface area contributed by atoms with Crippen molar-refractivity contribution in [2.24, 2.45) is 0 Å². The van der Waals surface area contributed by atoms with E-state index in [1.165, 1.54) is 7.11 Å². The van der Waals surface area contributed by atoms with Crippen molar-refractivity contribution in [2.75, 3.05) is 7.11 Å². The molecule has 0 radical (unpaired) electrons. The van der Waals surface area contributed by atoms with Gasteiger partial charge in [0.1, 0.15) is 5.75 Å². The molecule has 1 aliphatic rings. The second-order valence-electron chi connectivity index (χ2n) is 3.22. The Balaban J connectivity index is 2.34. The molecule has 1 aromatic carbocycles. The average Bonchev–Trinajstić information content (AvgIpc) is 2.59. The Kier molecular flexibility index (Phi) is 2.00. The second-order valence-corrected chi connectivity index (χ2v) is 3.22. The molecule has 0 aromatic heterocycles. The fourth-order valence-corrected chi connectivity index (χ4v) is 1.58. The van der Waals surface area contributed by atoms with Gasteiger partial charge in [0.15, 0.2) is 0 Å². The number of aromatic hydroxyl groups is 1. The van der Waals surface area contributed by atoms with Gasteiger partial charge in [0, 0.05) is 12.0 Å². The van der Waals surface area contributed by atoms with Crippen molar-refractivity contribution < 1.29 is 14.6 Å². The van der Waals surface area contributed by atoms with E-state index in [2.05, 4.69) is 4.74 Å². The van der Waals surface area contributed by atoms with E-state index < -0.39 is 0 Å². The maximum Gasteiger partial charge on any atom is 0.334 e. The van der Waals surface area contributed by atoms with Gasteiger partial charge < -0.3 is 9.84 Å². The summed E-state index contributed by atoms with van der Waals surface area (Å²) in [6, 6.07) is 5.08. The number of rotatable bonds is 1. The lowest BCUT2D eigenvalue weighted by Gasteiger charge is -1.99. The molecule has 72 valence electrons. The Hall–Kier alpha value is -1.77. The number of fused-ring (bicyclic) bond motifs is 1. The van der Waals surface area contributed by atoms with Gasteiger partial charge in [0.2, 0.25) is 0 Å². The lowest BCUT2D eigenvalue weighted by atomic mass is 10.1. The number of methoxy groups -OCH3 is 1. The number of phenolic OH excluding ortho intramolecular Hbond substituents is 1. The van der Waals surface area contributed by atoms with E-state index in [1.807, 2.05) is 6.07 Å². The molecular formula is C11H10O3. The Labute approximate surface area is 81.6 Å². The zero-order valence-electron chi connectivity index (χ0n) is 7.78. The van der Waals surface area contributed by atoms with Crippen molar-refractivity contribution in [3.05, 3.63) is 34.9 Å². The predicted octanol–water partition coefficient (Wildman–Crippen LogP) is 1.50. The molecule has 0 aliphatic heterocycles. The van der Waals surface area contributed by atoms with Crippen molar-refractivity contribution in [1.29, 1.82) is 0 Å². The minimum absolute atomic E-state index is 0.214. The van der Waals surface area contributed by atoms with Crippen LogP contribution in [0.1, 0.15) is 11.1 Å². The fourth-order valence-electron chi connectivity index (χ4n) is 1.58. The van der Waals surface area contributed by atoms with E-state index in [1.54, 1.807) is 18.2 Å². The number of hydrogen-bond donors (Lipinski definition) is 1. The quantitative estimate of drug-likeness (QED) is 0.683. The maximum absolute atomic E-state index is 11.2. The smallest absolute Gasteiger partial charge is 0.334 e. The highest BCUT2D eigenvalue weighted by Gasteiger charge is 2.18. The number of esters is 1. The topological polar surface area (TPSA) is 46.5 Å². The molecule has 2 rings (SSSR count). The van der Waals surface area contributed by atoms with Gasteiger partial charge >= 0.3 is 5.97 Å². The molecular weight excluding hydrogens is 180 g/mol. The van der Waals surface area contributed by atoms with Gasteiger partial charge in [-0.1, -0.05) is 6.07 Å². The molecule has 0 amide bonds. The van der Waals surface area contributed by atoms with Gasteiger partial charge in [-0.3, -0.25) is 0 Å². The zero-order chi connectivity index (χ0) is 10.1. The Bertz CT molecular complexity index is 419. The number of phenols is 1. The molecule has 0 atom stereocenters. The van der Waals surface area contributed by atoms with Crippen LogP contribution in [0.25, 0.3) is 6.08 Å². The summed E-state index contributed by atoms with van der Waals surface area (Å²) < 4.78 is 4.63. The number of ether oxygens (including phenoxy) is 1. The van der Waals surface area contributed by atoms with Crippen LogP contribution in [0.3, 0.4) is 0 Å². The molecule has 14 heavy (non-hydrogen) atoms. The van der Waals surface area contributed by atoms with E-state index in [9.17, 15) is 9.90 Å². The van der Waals surface area contributed by atoms with Gasteiger partial charge in [-0.2, -0.15) is 0 Å². The summed E-state index contributed by atoms with van der Waals surface area (Å²) in [4.78, 5) is 11.2. The minimum Gasteiger partial charge on any atom is -0.508 e. The van der Waals surface area contributed by atoms with Crippen LogP contribution in [0.2, 0.25) is 0 Å². The average molecular weight is 190 g/mol. The van der Waals surface area contributed by atoms with Crippen molar-refractivity contribution in [3.8, 4) is 5.75 Å². The molecule has 3 heteroatoms. The summed E-state index contributed by atoms with van der Waals surface area (Å²) in [6.07, 6.45) is 2.34. The van der Waals surface area contributed by atoms with Crippen LogP contribution in [-0.4, -0.2) is 18.2 Å². The maximum atomic E-state index is 11.2. The Morgan fingerprint density at radius 2 is 2.29 bits per heavy atom. The third-order valence-corrected chi connectivity index (χ3v) is 2.29. The summed E-state index contributed by atoms with van der Waals surface area (Å²) in [7, 11) is 1.36. The summed E-state index contributed by atoms with van der Waals surface area (Å²) in [6.45, 7) is 0. The first kappa shape index (κ1) is 8.81. The lowest BCUT2D eigenvalue weighted by molar-refractivity contribution is -0.136. The summed E-state index contributed by atoms with van der Waals surface area (Å²) in [5.74, 6) is -0.0909. The fraction of sp³-hybridized carbons (Fsp3) is 0.182. The van der Waals surface area contributed by atoms with E-state index in [4.69, 9.17) is 0 Å². The number of hydrogen-bond acceptors (Lipinski definition) is 3. The summed E-state index contributed by atoms with van der Waals surface area (Å²) >= 11 is 0. The lowest BCUT2D eigenvalue weighted by Crippen LogP contribution is -2.03. The Morgan fingerprint density at radius 1 is 1.50 bits per heavy atom. The van der Waals surface area contributed by atoms with Crippen molar-refractivity contribution in [1.82, 2.24) is 0 Å². The highest BCUT2D eigenvalue weighted by Crippen LogP contribution is 2.28. The van der Waals surface area contributed by atoms with Crippen molar-refractivity contribution in [2.45, 2.75) is 6.42 Å². The van der Waals surface area contributed by atoms with E-state index >= 15 is 0 Å². The van der Waals surface area contributed by atoms with Gasteiger partial charge in [0.05, 0.1) is 7.11 Å². The molecule has 0 fully saturated rings. The zero-order valence-corrected chi connectivity index (χ0v) is 7.78. The van der Waals surface area contributed by atoms with Crippen LogP contribution in [-0.2, 0) is 16.0 Å². The molecule has 3 nitrogen and oxygen atoms in total. The molecule has 0 saturated carbocycles. The van der Waals surface area contributed by atoms with Crippen LogP contribution >= 0.6 is 0 Å². The molecule has 0 unspecified atom stereocenters. The predicted molar refractivity (Wildman–Crippen MR) is 51.8 cm³/mol. The first-order valence-electron chi connectivity index (χ1n) is 4.31. The highest BCUT2D eigenvalue weighted by molar-refractivity contribution is 5.96. The van der Waals surface area contributed by atoms with E-state index in [0.29, 0.717) is 12.0 Å². The number of benzene rings is 1. The van der Waals surface area contributed by atoms with Gasteiger partial charge in [-0.15, -0.1) is 0 Å². The summed E-state index contributed by atoms with van der Waals surface area (Å²) in [5, 5.41) is 9.23. The van der Waals surface area contributed by atoms with Crippen LogP contribution in [0, 0.1) is 0 Å². The van der Waals surface area contributed by atoms with Crippen molar-refractivity contribution >= 4 is 12.0 Å². The second kappa shape index (κ2) is 3.18. The largest absolute Gasteiger partial charge is 0.508 e. The monoisotopic (exact) mass is 190 g/mol. The van der Waals surface area contributed by atoms with Crippen LogP contribution < -0.4 is 0 Å². The normalized spacial score (nSPS) is 13.4. The standard InChI is InChI=1S/C11H10O3/c1-14-11(13)9-4-7-2-3-10(12)6-8(7)5-9/h2-3,5-6,12H,4H2,1H3. The molecule has 0 saturated heterocycles. The third-order valence-electron chi connectivity index (χ3n) is 2.29. The van der Waals surface area contributed by atoms with Crippen LogP contribution in [0.15, 0.2) is 23.8 Å². The van der Waals surface area contributed by atoms with E-state index in [-0.39, 0.29) is 11.7 Å². The molecule has 0 spiro atoms. The van der Waals surface area contributed by atoms with Crippen LogP contribution in [0.5, 0.6) is 5.75 Å². The van der Waals surface area contributed by atoms with Crippen molar-refractivity contribution in [3.63, 3.8) is 0 Å². The number of carbonyl (C=O) groups excluding carboxylic acids is 1. The molecule has 0 heterocycles. The SMILES string of the molecule is COC(=O)C1=Cc2cc(O)ccc2C1. The first-order chi connectivity index (χ1) is 6.70. The van der Waals surface area contributed by atoms with Gasteiger partial charge in [-0.25, -0.2) is 4.79 Å². The molecule has 1 N–H and O–H groups in total. The van der Waals surface area contributed by atoms with E-state index in [0.717, 1.165) is 11.1 Å². The highest BCUT2D eigenvalue weighted by atomic mass is 16.5. The summed E-state index contributed by atoms with van der Waals surface area (Å²) in [5.41, 5.74) is 2.57. The third kappa shape index (κ3) is 1.37. The minimum atomic E-state index is -0.305. The molecule has 1 aliphatic carbocycles. The molecule has 1 aromatic rings.